The maximum atomic E-state index is 9.59. The van der Waals surface area contributed by atoms with E-state index in [9.17, 15) is 5.11 Å². The summed E-state index contributed by atoms with van der Waals surface area (Å²) >= 11 is 1.52. The van der Waals surface area contributed by atoms with Crippen LogP contribution in [0.4, 0.5) is 5.13 Å². The number of hydrogen-bond acceptors (Lipinski definition) is 5. The molecule has 0 aliphatic heterocycles. The van der Waals surface area contributed by atoms with Gasteiger partial charge in [0.05, 0.1) is 11.9 Å². The zero-order chi connectivity index (χ0) is 13.9. The summed E-state index contributed by atoms with van der Waals surface area (Å²) < 4.78 is 0. The van der Waals surface area contributed by atoms with E-state index in [1.165, 1.54) is 11.3 Å². The molecule has 2 aromatic rings. The first-order chi connectivity index (χ1) is 8.97. The highest BCUT2D eigenvalue weighted by Gasteiger charge is 2.17. The Morgan fingerprint density at radius 1 is 1.32 bits per heavy atom. The van der Waals surface area contributed by atoms with E-state index in [2.05, 4.69) is 36.3 Å². The van der Waals surface area contributed by atoms with Gasteiger partial charge in [-0.2, -0.15) is 5.10 Å². The van der Waals surface area contributed by atoms with Crippen LogP contribution in [0.2, 0.25) is 0 Å². The van der Waals surface area contributed by atoms with Crippen LogP contribution in [0, 0.1) is 0 Å². The van der Waals surface area contributed by atoms with Crippen LogP contribution < -0.4 is 5.43 Å². The molecule has 5 heteroatoms. The van der Waals surface area contributed by atoms with Crippen LogP contribution in [-0.2, 0) is 5.41 Å². The van der Waals surface area contributed by atoms with E-state index in [-0.39, 0.29) is 11.2 Å². The maximum Gasteiger partial charge on any atom is 0.203 e. The van der Waals surface area contributed by atoms with Gasteiger partial charge in [-0.05, 0) is 12.1 Å². The lowest BCUT2D eigenvalue weighted by Crippen LogP contribution is -2.11. The van der Waals surface area contributed by atoms with Crippen LogP contribution in [0.15, 0.2) is 34.7 Å². The SMILES string of the molecule is CC(C)(C)c1csc(N/N=C\c2ccccc2O)n1. The quantitative estimate of drug-likeness (QED) is 0.665. The largest absolute Gasteiger partial charge is 0.507 e. The van der Waals surface area contributed by atoms with Crippen LogP contribution in [-0.4, -0.2) is 16.3 Å². The van der Waals surface area contributed by atoms with Gasteiger partial charge in [-0.3, -0.25) is 5.43 Å². The number of aromatic nitrogens is 1. The molecule has 0 unspecified atom stereocenters. The molecule has 0 saturated heterocycles. The number of thiazole rings is 1. The molecule has 2 N–H and O–H groups in total. The Hall–Kier alpha value is -1.88. The lowest BCUT2D eigenvalue weighted by Gasteiger charge is -2.13. The fourth-order valence-corrected chi connectivity index (χ4v) is 2.31. The van der Waals surface area contributed by atoms with E-state index in [1.807, 2.05) is 11.4 Å². The maximum absolute atomic E-state index is 9.59. The van der Waals surface area contributed by atoms with E-state index >= 15 is 0 Å². The minimum atomic E-state index is 0.0395. The van der Waals surface area contributed by atoms with Crippen LogP contribution in [0.25, 0.3) is 0 Å². The molecule has 0 bridgehead atoms. The van der Waals surface area contributed by atoms with Crippen molar-refractivity contribution < 1.29 is 5.11 Å². The first-order valence-electron chi connectivity index (χ1n) is 6.00. The van der Waals surface area contributed by atoms with Crippen LogP contribution in [0.5, 0.6) is 5.75 Å². The molecular weight excluding hydrogens is 258 g/mol. The number of phenolic OH excluding ortho intramolecular Hbond substituents is 1. The van der Waals surface area contributed by atoms with E-state index in [0.717, 1.165) is 10.8 Å². The van der Waals surface area contributed by atoms with E-state index in [4.69, 9.17) is 0 Å². The molecule has 100 valence electrons. The van der Waals surface area contributed by atoms with Crippen molar-refractivity contribution in [2.45, 2.75) is 26.2 Å². The van der Waals surface area contributed by atoms with E-state index in [1.54, 1.807) is 24.4 Å². The molecule has 1 aromatic carbocycles. The van der Waals surface area contributed by atoms with Gasteiger partial charge in [-0.1, -0.05) is 32.9 Å². The Bertz CT molecular complexity index is 584. The molecule has 0 atom stereocenters. The topological polar surface area (TPSA) is 57.5 Å². The minimum absolute atomic E-state index is 0.0395. The third-order valence-electron chi connectivity index (χ3n) is 2.57. The standard InChI is InChI=1S/C14H17N3OS/c1-14(2,3)12-9-19-13(16-12)17-15-8-10-6-4-5-7-11(10)18/h4-9,18H,1-3H3,(H,16,17)/b15-8-. The highest BCUT2D eigenvalue weighted by molar-refractivity contribution is 7.13. The number of hydrazone groups is 1. The molecule has 4 nitrogen and oxygen atoms in total. The number of nitrogens with one attached hydrogen (secondary N) is 1. The van der Waals surface area contributed by atoms with Crippen molar-refractivity contribution in [2.24, 2.45) is 5.10 Å². The Balaban J connectivity index is 2.03. The van der Waals surface area contributed by atoms with Gasteiger partial charge in [0, 0.05) is 16.4 Å². The molecule has 0 fully saturated rings. The second-order valence-electron chi connectivity index (χ2n) is 5.22. The summed E-state index contributed by atoms with van der Waals surface area (Å²) in [5.41, 5.74) is 4.63. The summed E-state index contributed by atoms with van der Waals surface area (Å²) in [5, 5.41) is 16.4. The van der Waals surface area contributed by atoms with Crippen LogP contribution >= 0.6 is 11.3 Å². The molecule has 0 spiro atoms. The first kappa shape index (κ1) is 13.5. The van der Waals surface area contributed by atoms with Gasteiger partial charge in [-0.15, -0.1) is 11.3 Å². The zero-order valence-corrected chi connectivity index (χ0v) is 12.0. The molecule has 1 aromatic heterocycles. The van der Waals surface area contributed by atoms with Gasteiger partial charge in [0.15, 0.2) is 0 Å². The third-order valence-corrected chi connectivity index (χ3v) is 3.32. The summed E-state index contributed by atoms with van der Waals surface area (Å²) in [6.07, 6.45) is 1.58. The molecule has 2 rings (SSSR count). The number of phenols is 1. The van der Waals surface area contributed by atoms with Crippen LogP contribution in [0.3, 0.4) is 0 Å². The smallest absolute Gasteiger partial charge is 0.203 e. The number of nitrogens with zero attached hydrogens (tertiary/aromatic N) is 2. The molecule has 1 heterocycles. The summed E-state index contributed by atoms with van der Waals surface area (Å²) in [5.74, 6) is 0.211. The fraction of sp³-hybridized carbons (Fsp3) is 0.286. The van der Waals surface area contributed by atoms with Crippen molar-refractivity contribution in [1.82, 2.24) is 4.98 Å². The Morgan fingerprint density at radius 2 is 2.05 bits per heavy atom. The highest BCUT2D eigenvalue weighted by Crippen LogP contribution is 2.26. The Kier molecular flexibility index (Phi) is 3.85. The average Bonchev–Trinajstić information content (AvgIpc) is 2.80. The number of hydrogen-bond donors (Lipinski definition) is 2. The fourth-order valence-electron chi connectivity index (χ4n) is 1.42. The van der Waals surface area contributed by atoms with Crippen molar-refractivity contribution in [3.8, 4) is 5.75 Å². The summed E-state index contributed by atoms with van der Waals surface area (Å²) in [4.78, 5) is 4.47. The zero-order valence-electron chi connectivity index (χ0n) is 11.2. The highest BCUT2D eigenvalue weighted by atomic mass is 32.1. The number of para-hydroxylation sites is 1. The lowest BCUT2D eigenvalue weighted by atomic mass is 9.93. The molecule has 0 amide bonds. The summed E-state index contributed by atoms with van der Waals surface area (Å²) in [7, 11) is 0. The van der Waals surface area contributed by atoms with Gasteiger partial charge >= 0.3 is 0 Å². The van der Waals surface area contributed by atoms with Crippen molar-refractivity contribution in [1.29, 1.82) is 0 Å². The van der Waals surface area contributed by atoms with E-state index in [0.29, 0.717) is 5.56 Å². The molecule has 0 radical (unpaired) electrons. The molecular formula is C14H17N3OS. The third kappa shape index (κ3) is 3.54. The molecule has 0 saturated carbocycles. The second kappa shape index (κ2) is 5.40. The predicted octanol–water partition coefficient (Wildman–Crippen LogP) is 3.59. The molecule has 19 heavy (non-hydrogen) atoms. The van der Waals surface area contributed by atoms with Crippen molar-refractivity contribution in [2.75, 3.05) is 5.43 Å². The predicted molar refractivity (Wildman–Crippen MR) is 80.1 cm³/mol. The first-order valence-corrected chi connectivity index (χ1v) is 6.88. The van der Waals surface area contributed by atoms with E-state index < -0.39 is 0 Å². The lowest BCUT2D eigenvalue weighted by molar-refractivity contribution is 0.474. The van der Waals surface area contributed by atoms with Gasteiger partial charge < -0.3 is 5.11 Å². The second-order valence-corrected chi connectivity index (χ2v) is 6.07. The van der Waals surface area contributed by atoms with Gasteiger partial charge in [0.2, 0.25) is 5.13 Å². The summed E-state index contributed by atoms with van der Waals surface area (Å²) in [6.45, 7) is 6.37. The Morgan fingerprint density at radius 3 is 2.68 bits per heavy atom. The average molecular weight is 275 g/mol. The van der Waals surface area contributed by atoms with Crippen molar-refractivity contribution >= 4 is 22.7 Å². The minimum Gasteiger partial charge on any atom is -0.507 e. The monoisotopic (exact) mass is 275 g/mol. The number of anilines is 1. The Labute approximate surface area is 116 Å². The van der Waals surface area contributed by atoms with Crippen LogP contribution in [0.1, 0.15) is 32.0 Å². The number of rotatable bonds is 3. The summed E-state index contributed by atoms with van der Waals surface area (Å²) in [6, 6.07) is 7.05. The van der Waals surface area contributed by atoms with Gasteiger partial charge in [0.25, 0.3) is 0 Å². The van der Waals surface area contributed by atoms with Crippen molar-refractivity contribution in [3.63, 3.8) is 0 Å². The van der Waals surface area contributed by atoms with Gasteiger partial charge in [-0.25, -0.2) is 4.98 Å². The molecule has 0 aliphatic carbocycles. The number of aromatic hydroxyl groups is 1. The number of benzene rings is 1. The normalized spacial score (nSPS) is 11.9. The van der Waals surface area contributed by atoms with Crippen molar-refractivity contribution in [3.05, 3.63) is 40.9 Å². The molecule has 0 aliphatic rings. The van der Waals surface area contributed by atoms with Gasteiger partial charge in [0.1, 0.15) is 5.75 Å².